The highest BCUT2D eigenvalue weighted by Crippen LogP contribution is 2.49. The summed E-state index contributed by atoms with van der Waals surface area (Å²) in [6, 6.07) is 7.93. The van der Waals surface area contributed by atoms with Gasteiger partial charge in [-0.15, -0.1) is 10.2 Å². The molecule has 4 atom stereocenters. The third kappa shape index (κ3) is 4.43. The van der Waals surface area contributed by atoms with Gasteiger partial charge in [-0.05, 0) is 56.1 Å². The van der Waals surface area contributed by atoms with Crippen molar-refractivity contribution < 1.29 is 9.53 Å². The second-order valence-corrected chi connectivity index (χ2v) is 9.88. The summed E-state index contributed by atoms with van der Waals surface area (Å²) in [5.74, 6) is 3.58. The number of carbonyl (C=O) groups is 1. The van der Waals surface area contributed by atoms with Crippen molar-refractivity contribution in [3.05, 3.63) is 24.3 Å². The van der Waals surface area contributed by atoms with Gasteiger partial charge in [-0.2, -0.15) is 0 Å². The van der Waals surface area contributed by atoms with E-state index in [2.05, 4.69) is 27.8 Å². The Balaban J connectivity index is 1.25. The van der Waals surface area contributed by atoms with Crippen molar-refractivity contribution in [3.8, 4) is 5.75 Å². The highest BCUT2D eigenvalue weighted by Gasteiger charge is 2.42. The molecule has 2 N–H and O–H groups in total. The molecule has 2 aliphatic rings. The molecule has 4 rings (SSSR count). The Bertz CT molecular complexity index is 828. The maximum Gasteiger partial charge on any atom is 0.230 e. The number of hydrogen-bond donors (Lipinski definition) is 2. The second-order valence-electron chi connectivity index (χ2n) is 7.68. The van der Waals surface area contributed by atoms with E-state index < -0.39 is 0 Å². The highest BCUT2D eigenvalue weighted by atomic mass is 32.2. The third-order valence-electron chi connectivity index (χ3n) is 5.91. The molecule has 2 aliphatic carbocycles. The standard InChI is InChI=1S/C20H26N4O2S2/c1-12(15-10-13-7-8-14(15)9-13)21-18(25)11-27-20-24-23-19(28-20)22-16-5-3-4-6-17(16)26-2/h3-6,12-15H,7-11H2,1-2H3,(H,21,25)(H,22,23). The number of hydrogen-bond acceptors (Lipinski definition) is 7. The van der Waals surface area contributed by atoms with Gasteiger partial charge in [-0.1, -0.05) is 41.7 Å². The summed E-state index contributed by atoms with van der Waals surface area (Å²) < 4.78 is 6.11. The van der Waals surface area contributed by atoms with E-state index in [0.29, 0.717) is 16.8 Å². The number of fused-ring (bicyclic) bond motifs is 2. The van der Waals surface area contributed by atoms with E-state index in [0.717, 1.165) is 27.6 Å². The molecule has 1 heterocycles. The van der Waals surface area contributed by atoms with Crippen molar-refractivity contribution in [2.75, 3.05) is 18.2 Å². The maximum absolute atomic E-state index is 12.4. The van der Waals surface area contributed by atoms with Crippen LogP contribution in [0.2, 0.25) is 0 Å². The first kappa shape index (κ1) is 19.5. The van der Waals surface area contributed by atoms with Crippen LogP contribution in [-0.2, 0) is 4.79 Å². The molecule has 6 nitrogen and oxygen atoms in total. The lowest BCUT2D eigenvalue weighted by molar-refractivity contribution is -0.119. The first-order chi connectivity index (χ1) is 13.6. The Kier molecular flexibility index (Phi) is 6.06. The zero-order valence-electron chi connectivity index (χ0n) is 16.2. The fourth-order valence-electron chi connectivity index (χ4n) is 4.62. The zero-order valence-corrected chi connectivity index (χ0v) is 17.8. The molecule has 0 spiro atoms. The van der Waals surface area contributed by atoms with Crippen LogP contribution in [0.15, 0.2) is 28.6 Å². The molecule has 0 aliphatic heterocycles. The van der Waals surface area contributed by atoms with E-state index >= 15 is 0 Å². The first-order valence-corrected chi connectivity index (χ1v) is 11.6. The van der Waals surface area contributed by atoms with Gasteiger partial charge in [-0.3, -0.25) is 4.79 Å². The monoisotopic (exact) mass is 418 g/mol. The average molecular weight is 419 g/mol. The molecular weight excluding hydrogens is 392 g/mol. The Morgan fingerprint density at radius 1 is 1.32 bits per heavy atom. The summed E-state index contributed by atoms with van der Waals surface area (Å²) >= 11 is 2.87. The predicted molar refractivity (Wildman–Crippen MR) is 113 cm³/mol. The van der Waals surface area contributed by atoms with Crippen LogP contribution in [0.4, 0.5) is 10.8 Å². The summed E-state index contributed by atoms with van der Waals surface area (Å²) in [5, 5.41) is 15.4. The Morgan fingerprint density at radius 3 is 2.93 bits per heavy atom. The number of methoxy groups -OCH3 is 1. The van der Waals surface area contributed by atoms with Gasteiger partial charge >= 0.3 is 0 Å². The summed E-state index contributed by atoms with van der Waals surface area (Å²) in [7, 11) is 1.64. The molecule has 2 fully saturated rings. The fourth-order valence-corrected chi connectivity index (χ4v) is 6.19. The van der Waals surface area contributed by atoms with Crippen molar-refractivity contribution >= 4 is 39.8 Å². The van der Waals surface area contributed by atoms with Crippen LogP contribution >= 0.6 is 23.1 Å². The molecule has 0 radical (unpaired) electrons. The number of carbonyl (C=O) groups excluding carboxylic acids is 1. The number of ether oxygens (including phenoxy) is 1. The van der Waals surface area contributed by atoms with Crippen LogP contribution in [0.1, 0.15) is 32.6 Å². The molecule has 4 unspecified atom stereocenters. The number of nitrogens with one attached hydrogen (secondary N) is 2. The molecule has 150 valence electrons. The minimum absolute atomic E-state index is 0.0784. The smallest absolute Gasteiger partial charge is 0.230 e. The van der Waals surface area contributed by atoms with Crippen LogP contribution in [0, 0.1) is 17.8 Å². The van der Waals surface area contributed by atoms with Gasteiger partial charge < -0.3 is 15.4 Å². The van der Waals surface area contributed by atoms with Gasteiger partial charge in [-0.25, -0.2) is 0 Å². The lowest BCUT2D eigenvalue weighted by Crippen LogP contribution is -2.40. The number of thioether (sulfide) groups is 1. The topological polar surface area (TPSA) is 76.1 Å². The number of anilines is 2. The van der Waals surface area contributed by atoms with Gasteiger partial charge in [0.2, 0.25) is 11.0 Å². The molecule has 1 amide bonds. The fraction of sp³-hybridized carbons (Fsp3) is 0.550. The van der Waals surface area contributed by atoms with Gasteiger partial charge in [0.05, 0.1) is 18.6 Å². The minimum Gasteiger partial charge on any atom is -0.495 e. The Hall–Kier alpha value is -1.80. The normalized spacial score (nSPS) is 24.1. The van der Waals surface area contributed by atoms with Crippen LogP contribution in [-0.4, -0.2) is 35.0 Å². The van der Waals surface area contributed by atoms with E-state index in [1.54, 1.807) is 7.11 Å². The molecule has 2 bridgehead atoms. The van der Waals surface area contributed by atoms with Crippen molar-refractivity contribution in [2.24, 2.45) is 17.8 Å². The number of nitrogens with zero attached hydrogens (tertiary/aromatic N) is 2. The van der Waals surface area contributed by atoms with Gasteiger partial charge in [0.1, 0.15) is 5.75 Å². The number of para-hydroxylation sites is 2. The predicted octanol–water partition coefficient (Wildman–Crippen LogP) is 4.32. The van der Waals surface area contributed by atoms with Gasteiger partial charge in [0, 0.05) is 6.04 Å². The maximum atomic E-state index is 12.4. The average Bonchev–Trinajstić information content (AvgIpc) is 3.44. The van der Waals surface area contributed by atoms with Gasteiger partial charge in [0.15, 0.2) is 4.34 Å². The van der Waals surface area contributed by atoms with E-state index in [9.17, 15) is 4.79 Å². The minimum atomic E-state index is 0.0784. The van der Waals surface area contributed by atoms with E-state index in [1.165, 1.54) is 48.8 Å². The van der Waals surface area contributed by atoms with Crippen molar-refractivity contribution in [3.63, 3.8) is 0 Å². The Morgan fingerprint density at radius 2 is 2.18 bits per heavy atom. The Labute approximate surface area is 173 Å². The number of aromatic nitrogens is 2. The summed E-state index contributed by atoms with van der Waals surface area (Å²) in [5.41, 5.74) is 0.843. The van der Waals surface area contributed by atoms with E-state index in [1.807, 2.05) is 24.3 Å². The van der Waals surface area contributed by atoms with Crippen LogP contribution in [0.3, 0.4) is 0 Å². The highest BCUT2D eigenvalue weighted by molar-refractivity contribution is 8.01. The van der Waals surface area contributed by atoms with Crippen LogP contribution < -0.4 is 15.4 Å². The van der Waals surface area contributed by atoms with Crippen molar-refractivity contribution in [1.29, 1.82) is 0 Å². The molecule has 1 aromatic carbocycles. The molecule has 0 saturated heterocycles. The lowest BCUT2D eigenvalue weighted by Gasteiger charge is -2.28. The van der Waals surface area contributed by atoms with E-state index in [4.69, 9.17) is 4.74 Å². The van der Waals surface area contributed by atoms with Crippen molar-refractivity contribution in [2.45, 2.75) is 43.0 Å². The number of rotatable bonds is 8. The molecule has 1 aromatic heterocycles. The lowest BCUT2D eigenvalue weighted by atomic mass is 9.84. The van der Waals surface area contributed by atoms with E-state index in [-0.39, 0.29) is 11.9 Å². The van der Waals surface area contributed by atoms with Gasteiger partial charge in [0.25, 0.3) is 0 Å². The summed E-state index contributed by atoms with van der Waals surface area (Å²) in [4.78, 5) is 12.4. The van der Waals surface area contributed by atoms with Crippen LogP contribution in [0.5, 0.6) is 5.75 Å². The zero-order chi connectivity index (χ0) is 19.5. The summed E-state index contributed by atoms with van der Waals surface area (Å²) in [6.45, 7) is 2.16. The molecule has 2 aromatic rings. The largest absolute Gasteiger partial charge is 0.495 e. The molecule has 2 saturated carbocycles. The van der Waals surface area contributed by atoms with Crippen LogP contribution in [0.25, 0.3) is 0 Å². The van der Waals surface area contributed by atoms with Crippen molar-refractivity contribution in [1.82, 2.24) is 15.5 Å². The number of amides is 1. The molecular formula is C20H26N4O2S2. The first-order valence-electron chi connectivity index (χ1n) is 9.78. The third-order valence-corrected chi connectivity index (χ3v) is 7.88. The molecule has 28 heavy (non-hydrogen) atoms. The summed E-state index contributed by atoms with van der Waals surface area (Å²) in [6.07, 6.45) is 5.39. The number of benzene rings is 1. The SMILES string of the molecule is COc1ccccc1Nc1nnc(SCC(=O)NC(C)C2CC3CCC2C3)s1. The second kappa shape index (κ2) is 8.69. The molecule has 8 heteroatoms. The quantitative estimate of drug-likeness (QED) is 0.622.